The normalized spacial score (nSPS) is 8.33. The molecule has 1 aromatic rings. The van der Waals surface area contributed by atoms with Crippen LogP contribution in [0, 0.1) is 11.3 Å². The quantitative estimate of drug-likeness (QED) is 0.456. The van der Waals surface area contributed by atoms with E-state index in [9.17, 15) is 4.79 Å². The Kier molecular flexibility index (Phi) is 1.24. The van der Waals surface area contributed by atoms with Gasteiger partial charge in [-0.05, 0) is 0 Å². The molecule has 0 fully saturated rings. The van der Waals surface area contributed by atoms with E-state index in [1.165, 1.54) is 6.20 Å². The maximum Gasteiger partial charge on any atom is 0.236 e. The summed E-state index contributed by atoms with van der Waals surface area (Å²) < 4.78 is 0.861. The van der Waals surface area contributed by atoms with Crippen molar-refractivity contribution in [3.63, 3.8) is 0 Å². The van der Waals surface area contributed by atoms with E-state index >= 15 is 0 Å². The van der Waals surface area contributed by atoms with E-state index in [0.29, 0.717) is 6.41 Å². The highest BCUT2D eigenvalue weighted by molar-refractivity contribution is 5.53. The minimum Gasteiger partial charge on any atom is -0.276 e. The Hall–Kier alpha value is -1.70. The second kappa shape index (κ2) is 2.05. The Morgan fingerprint density at radius 2 is 2.67 bits per heavy atom. The molecule has 5 heteroatoms. The molecule has 5 nitrogen and oxygen atoms in total. The second-order valence-corrected chi connectivity index (χ2v) is 1.28. The van der Waals surface area contributed by atoms with Crippen LogP contribution in [0.2, 0.25) is 0 Å². The molecule has 0 aliphatic carbocycles. The molecule has 0 aromatic carbocycles. The first-order valence-electron chi connectivity index (χ1n) is 2.14. The van der Waals surface area contributed by atoms with Crippen LogP contribution >= 0.6 is 0 Å². The van der Waals surface area contributed by atoms with Gasteiger partial charge in [-0.15, -0.1) is 5.10 Å². The molecule has 0 N–H and O–H groups in total. The zero-order chi connectivity index (χ0) is 6.69. The number of aromatic nitrogens is 3. The minimum atomic E-state index is 0.144. The highest BCUT2D eigenvalue weighted by Crippen LogP contribution is 1.86. The van der Waals surface area contributed by atoms with Crippen molar-refractivity contribution in [2.45, 2.75) is 0 Å². The Labute approximate surface area is 50.5 Å². The second-order valence-electron chi connectivity index (χ2n) is 1.28. The predicted octanol–water partition coefficient (Wildman–Crippen LogP) is -0.812. The van der Waals surface area contributed by atoms with Gasteiger partial charge in [0, 0.05) is 0 Å². The molecule has 0 aliphatic rings. The fraction of sp³-hybridized carbons (Fsp3) is 0. The third kappa shape index (κ3) is 0.770. The molecular formula is C4H2N4O. The molecule has 1 aromatic heterocycles. The van der Waals surface area contributed by atoms with E-state index in [4.69, 9.17) is 5.26 Å². The van der Waals surface area contributed by atoms with Gasteiger partial charge in [-0.2, -0.15) is 9.94 Å². The molecule has 0 amide bonds. The molecule has 0 bridgehead atoms. The van der Waals surface area contributed by atoms with Crippen molar-refractivity contribution in [2.24, 2.45) is 0 Å². The minimum absolute atomic E-state index is 0.144. The Balaban J connectivity index is 3.17. The van der Waals surface area contributed by atoms with Gasteiger partial charge in [0.1, 0.15) is 6.07 Å². The van der Waals surface area contributed by atoms with Crippen LogP contribution in [0.5, 0.6) is 0 Å². The van der Waals surface area contributed by atoms with Crippen LogP contribution in [0.1, 0.15) is 5.69 Å². The lowest BCUT2D eigenvalue weighted by molar-refractivity contribution is 0.537. The average molecular weight is 122 g/mol. The number of carbonyl (C=O) groups is 1. The zero-order valence-electron chi connectivity index (χ0n) is 4.35. The van der Waals surface area contributed by atoms with E-state index in [-0.39, 0.29) is 5.69 Å². The van der Waals surface area contributed by atoms with Crippen LogP contribution in [-0.2, 0) is 4.79 Å². The van der Waals surface area contributed by atoms with Gasteiger partial charge in [-0.1, -0.05) is 5.21 Å². The smallest absolute Gasteiger partial charge is 0.236 e. The molecule has 9 heavy (non-hydrogen) atoms. The first-order valence-corrected chi connectivity index (χ1v) is 2.14. The maximum absolute atomic E-state index is 9.96. The van der Waals surface area contributed by atoms with Crippen molar-refractivity contribution in [3.8, 4) is 6.07 Å². The van der Waals surface area contributed by atoms with Gasteiger partial charge in [0.2, 0.25) is 6.41 Å². The summed E-state index contributed by atoms with van der Waals surface area (Å²) in [6.45, 7) is 0. The van der Waals surface area contributed by atoms with Crippen molar-refractivity contribution in [1.82, 2.24) is 15.0 Å². The largest absolute Gasteiger partial charge is 0.276 e. The molecule has 1 heterocycles. The summed E-state index contributed by atoms with van der Waals surface area (Å²) in [5.41, 5.74) is 0.144. The standard InChI is InChI=1S/C4H2N4O/c5-1-4-2-6-7-8(4)3-9/h2-3H. The number of nitriles is 1. The van der Waals surface area contributed by atoms with Crippen LogP contribution in [0.3, 0.4) is 0 Å². The summed E-state index contributed by atoms with van der Waals surface area (Å²) >= 11 is 0. The van der Waals surface area contributed by atoms with Gasteiger partial charge < -0.3 is 0 Å². The molecule has 0 atom stereocenters. The van der Waals surface area contributed by atoms with Gasteiger partial charge in [-0.3, -0.25) is 4.79 Å². The first-order chi connectivity index (χ1) is 4.38. The van der Waals surface area contributed by atoms with Crippen LogP contribution in [0.4, 0.5) is 0 Å². The Morgan fingerprint density at radius 1 is 1.89 bits per heavy atom. The molecule has 0 saturated heterocycles. The summed E-state index contributed by atoms with van der Waals surface area (Å²) in [7, 11) is 0. The SMILES string of the molecule is N#Cc1cnnn1C=O. The Bertz CT molecular complexity index is 258. The topological polar surface area (TPSA) is 71.6 Å². The molecule has 0 unspecified atom stereocenters. The fourth-order valence-corrected chi connectivity index (χ4v) is 0.401. The molecule has 0 saturated carbocycles. The lowest BCUT2D eigenvalue weighted by Crippen LogP contribution is -1.99. The van der Waals surface area contributed by atoms with Crippen molar-refractivity contribution in [2.75, 3.05) is 0 Å². The molecule has 1 rings (SSSR count). The van der Waals surface area contributed by atoms with Gasteiger partial charge in [0.15, 0.2) is 5.69 Å². The number of hydrogen-bond donors (Lipinski definition) is 0. The van der Waals surface area contributed by atoms with Crippen LogP contribution in [0.25, 0.3) is 0 Å². The number of rotatable bonds is 1. The lowest BCUT2D eigenvalue weighted by atomic mass is 10.5. The summed E-state index contributed by atoms with van der Waals surface area (Å²) in [6.07, 6.45) is 1.64. The van der Waals surface area contributed by atoms with Crippen molar-refractivity contribution in [1.29, 1.82) is 5.26 Å². The third-order valence-electron chi connectivity index (χ3n) is 0.789. The van der Waals surface area contributed by atoms with Crippen molar-refractivity contribution in [3.05, 3.63) is 11.9 Å². The zero-order valence-corrected chi connectivity index (χ0v) is 4.35. The summed E-state index contributed by atoms with van der Waals surface area (Å²) in [6, 6.07) is 1.73. The first kappa shape index (κ1) is 5.44. The van der Waals surface area contributed by atoms with E-state index in [1.807, 2.05) is 0 Å². The molecule has 0 radical (unpaired) electrons. The molecular weight excluding hydrogens is 120 g/mol. The van der Waals surface area contributed by atoms with Crippen LogP contribution < -0.4 is 0 Å². The van der Waals surface area contributed by atoms with E-state index in [1.54, 1.807) is 6.07 Å². The predicted molar refractivity (Wildman–Crippen MR) is 26.9 cm³/mol. The summed E-state index contributed by atoms with van der Waals surface area (Å²) in [4.78, 5) is 9.96. The number of hydrogen-bond acceptors (Lipinski definition) is 4. The van der Waals surface area contributed by atoms with Crippen molar-refractivity contribution < 1.29 is 4.79 Å². The number of carbonyl (C=O) groups excluding carboxylic acids is 1. The molecule has 44 valence electrons. The van der Waals surface area contributed by atoms with Gasteiger partial charge in [0.05, 0.1) is 6.20 Å². The van der Waals surface area contributed by atoms with E-state index in [2.05, 4.69) is 10.3 Å². The van der Waals surface area contributed by atoms with E-state index in [0.717, 1.165) is 4.68 Å². The van der Waals surface area contributed by atoms with Gasteiger partial charge in [-0.25, -0.2) is 0 Å². The van der Waals surface area contributed by atoms with Gasteiger partial charge in [0.25, 0.3) is 0 Å². The van der Waals surface area contributed by atoms with E-state index < -0.39 is 0 Å². The Morgan fingerprint density at radius 3 is 3.11 bits per heavy atom. The molecule has 0 aliphatic heterocycles. The average Bonchev–Trinajstić information content (AvgIpc) is 2.33. The van der Waals surface area contributed by atoms with Crippen molar-refractivity contribution >= 4 is 6.41 Å². The fourth-order valence-electron chi connectivity index (χ4n) is 0.401. The highest BCUT2D eigenvalue weighted by atomic mass is 16.1. The monoisotopic (exact) mass is 122 g/mol. The molecule has 0 spiro atoms. The van der Waals surface area contributed by atoms with Crippen LogP contribution in [-0.4, -0.2) is 21.4 Å². The van der Waals surface area contributed by atoms with Gasteiger partial charge >= 0.3 is 0 Å². The lowest BCUT2D eigenvalue weighted by Gasteiger charge is -1.80. The third-order valence-corrected chi connectivity index (χ3v) is 0.789. The van der Waals surface area contributed by atoms with Crippen LogP contribution in [0.15, 0.2) is 6.20 Å². The highest BCUT2D eigenvalue weighted by Gasteiger charge is 1.97. The summed E-state index contributed by atoms with van der Waals surface area (Å²) in [5, 5.41) is 14.8. The maximum atomic E-state index is 9.96. The number of nitrogens with zero attached hydrogens (tertiary/aromatic N) is 4. The summed E-state index contributed by atoms with van der Waals surface area (Å²) in [5.74, 6) is 0.